The van der Waals surface area contributed by atoms with Crippen LogP contribution < -0.4 is 0 Å². The SMILES string of the molecule is CCCCCCC/C=C\C/C=C\C/C=C\CCCCCCCCCCCCCCCCCCC(=O)OCC(COC(=O)CCCCCCCCC)OC(=O)CCCCCCCCC/C=C\CCCCCCCC. The smallest absolute Gasteiger partial charge is 0.306 e. The molecule has 0 bridgehead atoms. The van der Waals surface area contributed by atoms with Crippen LogP contribution in [0.25, 0.3) is 0 Å². The molecule has 6 nitrogen and oxygen atoms in total. The average molecular weight is 1020 g/mol. The van der Waals surface area contributed by atoms with Crippen molar-refractivity contribution >= 4 is 17.9 Å². The molecule has 1 unspecified atom stereocenters. The second-order valence-electron chi connectivity index (χ2n) is 21.7. The van der Waals surface area contributed by atoms with Crippen molar-refractivity contribution in [2.45, 2.75) is 348 Å². The second-order valence-corrected chi connectivity index (χ2v) is 21.7. The number of hydrogen-bond acceptors (Lipinski definition) is 6. The lowest BCUT2D eigenvalue weighted by Crippen LogP contribution is -2.30. The molecular weight excluding hydrogens is 901 g/mol. The van der Waals surface area contributed by atoms with Gasteiger partial charge in [-0.1, -0.05) is 288 Å². The minimum Gasteiger partial charge on any atom is -0.462 e. The van der Waals surface area contributed by atoms with E-state index in [-0.39, 0.29) is 31.1 Å². The summed E-state index contributed by atoms with van der Waals surface area (Å²) in [7, 11) is 0. The summed E-state index contributed by atoms with van der Waals surface area (Å²) < 4.78 is 16.8. The Morgan fingerprint density at radius 3 is 0.781 bits per heavy atom. The highest BCUT2D eigenvalue weighted by Gasteiger charge is 2.19. The fourth-order valence-electron chi connectivity index (χ4n) is 9.45. The lowest BCUT2D eigenvalue weighted by Gasteiger charge is -2.18. The highest BCUT2D eigenvalue weighted by atomic mass is 16.6. The second kappa shape index (κ2) is 61.9. The molecule has 426 valence electrons. The normalized spacial score (nSPS) is 12.3. The van der Waals surface area contributed by atoms with E-state index in [1.807, 2.05) is 0 Å². The van der Waals surface area contributed by atoms with Crippen LogP contribution in [0.3, 0.4) is 0 Å². The molecule has 0 spiro atoms. The summed E-state index contributed by atoms with van der Waals surface area (Å²) in [5.41, 5.74) is 0. The number of unbranched alkanes of at least 4 members (excludes halogenated alkanes) is 40. The molecule has 0 fully saturated rings. The first-order valence-corrected chi connectivity index (χ1v) is 32.1. The standard InChI is InChI=1S/C67H122O6/c1-4-7-10-13-16-18-20-22-24-26-27-28-29-30-31-32-33-34-35-36-37-38-39-41-42-44-46-48-51-54-57-60-66(69)72-63-64(62-71-65(68)59-56-53-50-15-12-9-6-3)73-67(70)61-58-55-52-49-47-45-43-40-25-23-21-19-17-14-11-8-5-2/h20,22-23,25-27,29-30,64H,4-19,21,24,28,31-63H2,1-3H3/b22-20-,25-23-,27-26-,30-29-. The van der Waals surface area contributed by atoms with E-state index in [9.17, 15) is 14.4 Å². The van der Waals surface area contributed by atoms with Crippen LogP contribution in [0.15, 0.2) is 48.6 Å². The van der Waals surface area contributed by atoms with E-state index in [2.05, 4.69) is 69.4 Å². The van der Waals surface area contributed by atoms with Crippen molar-refractivity contribution in [3.05, 3.63) is 48.6 Å². The lowest BCUT2D eigenvalue weighted by molar-refractivity contribution is -0.167. The Bertz CT molecular complexity index is 1270. The van der Waals surface area contributed by atoms with E-state index < -0.39 is 6.10 Å². The van der Waals surface area contributed by atoms with Crippen molar-refractivity contribution in [2.24, 2.45) is 0 Å². The Kier molecular flexibility index (Phi) is 59.7. The quantitative estimate of drug-likeness (QED) is 0.0261. The van der Waals surface area contributed by atoms with Crippen molar-refractivity contribution in [3.63, 3.8) is 0 Å². The van der Waals surface area contributed by atoms with Crippen LogP contribution in [0.5, 0.6) is 0 Å². The maximum Gasteiger partial charge on any atom is 0.306 e. The zero-order valence-electron chi connectivity index (χ0n) is 48.9. The molecule has 0 saturated heterocycles. The molecule has 0 radical (unpaired) electrons. The molecule has 0 N–H and O–H groups in total. The summed E-state index contributed by atoms with van der Waals surface area (Å²) in [5.74, 6) is -0.865. The van der Waals surface area contributed by atoms with Gasteiger partial charge in [-0.25, -0.2) is 0 Å². The summed E-state index contributed by atoms with van der Waals surface area (Å²) in [4.78, 5) is 38.0. The van der Waals surface area contributed by atoms with Gasteiger partial charge in [-0.2, -0.15) is 0 Å². The Hall–Kier alpha value is -2.63. The van der Waals surface area contributed by atoms with Gasteiger partial charge in [0.25, 0.3) is 0 Å². The molecule has 6 heteroatoms. The van der Waals surface area contributed by atoms with Gasteiger partial charge in [0.2, 0.25) is 0 Å². The predicted octanol–water partition coefficient (Wildman–Crippen LogP) is 21.8. The first kappa shape index (κ1) is 70.4. The number of ether oxygens (including phenoxy) is 3. The topological polar surface area (TPSA) is 78.9 Å². The summed E-state index contributed by atoms with van der Waals surface area (Å²) in [6.07, 6.45) is 77.2. The maximum atomic E-state index is 12.8. The van der Waals surface area contributed by atoms with Gasteiger partial charge in [-0.15, -0.1) is 0 Å². The van der Waals surface area contributed by atoms with Crippen LogP contribution in [-0.2, 0) is 28.6 Å². The molecule has 0 aromatic rings. The van der Waals surface area contributed by atoms with Gasteiger partial charge in [0, 0.05) is 19.3 Å². The molecule has 0 aromatic carbocycles. The van der Waals surface area contributed by atoms with Crippen LogP contribution in [0.2, 0.25) is 0 Å². The average Bonchev–Trinajstić information content (AvgIpc) is 3.39. The molecule has 0 rings (SSSR count). The molecule has 0 saturated carbocycles. The molecule has 1 atom stereocenters. The van der Waals surface area contributed by atoms with Crippen molar-refractivity contribution in [1.29, 1.82) is 0 Å². The monoisotopic (exact) mass is 1020 g/mol. The van der Waals surface area contributed by atoms with Crippen LogP contribution >= 0.6 is 0 Å². The number of esters is 3. The molecule has 0 heterocycles. The molecule has 0 amide bonds. The van der Waals surface area contributed by atoms with E-state index in [0.717, 1.165) is 70.6 Å². The van der Waals surface area contributed by atoms with Crippen LogP contribution in [0.1, 0.15) is 342 Å². The highest BCUT2D eigenvalue weighted by molar-refractivity contribution is 5.71. The van der Waals surface area contributed by atoms with Crippen molar-refractivity contribution in [2.75, 3.05) is 13.2 Å². The summed E-state index contributed by atoms with van der Waals surface area (Å²) in [6, 6.07) is 0. The Labute approximate surface area is 454 Å². The van der Waals surface area contributed by atoms with Gasteiger partial charge in [0.15, 0.2) is 6.10 Å². The van der Waals surface area contributed by atoms with Gasteiger partial charge in [0.1, 0.15) is 13.2 Å². The van der Waals surface area contributed by atoms with E-state index in [4.69, 9.17) is 14.2 Å². The molecular formula is C67H122O6. The van der Waals surface area contributed by atoms with Crippen molar-refractivity contribution in [3.8, 4) is 0 Å². The van der Waals surface area contributed by atoms with Gasteiger partial charge >= 0.3 is 17.9 Å². The summed E-state index contributed by atoms with van der Waals surface area (Å²) >= 11 is 0. The van der Waals surface area contributed by atoms with Crippen LogP contribution in [-0.4, -0.2) is 37.2 Å². The Morgan fingerprint density at radius 1 is 0.274 bits per heavy atom. The Morgan fingerprint density at radius 2 is 0.493 bits per heavy atom. The van der Waals surface area contributed by atoms with Crippen LogP contribution in [0.4, 0.5) is 0 Å². The van der Waals surface area contributed by atoms with E-state index in [1.54, 1.807) is 0 Å². The van der Waals surface area contributed by atoms with E-state index >= 15 is 0 Å². The third-order valence-corrected chi connectivity index (χ3v) is 14.3. The highest BCUT2D eigenvalue weighted by Crippen LogP contribution is 2.17. The first-order chi connectivity index (χ1) is 36.0. The summed E-state index contributed by atoms with van der Waals surface area (Å²) in [5, 5.41) is 0. The molecule has 0 aliphatic rings. The number of hydrogen-bond donors (Lipinski definition) is 0. The fourth-order valence-corrected chi connectivity index (χ4v) is 9.45. The van der Waals surface area contributed by atoms with Gasteiger partial charge in [0.05, 0.1) is 0 Å². The Balaban J connectivity index is 4.03. The number of rotatable bonds is 59. The lowest BCUT2D eigenvalue weighted by atomic mass is 10.0. The third kappa shape index (κ3) is 60.1. The van der Waals surface area contributed by atoms with Crippen molar-refractivity contribution < 1.29 is 28.6 Å². The van der Waals surface area contributed by atoms with Gasteiger partial charge in [-0.05, 0) is 83.5 Å². The zero-order chi connectivity index (χ0) is 52.9. The van der Waals surface area contributed by atoms with E-state index in [0.29, 0.717) is 19.3 Å². The number of carbonyl (C=O) groups excluding carboxylic acids is 3. The number of carbonyl (C=O) groups is 3. The predicted molar refractivity (Wildman–Crippen MR) is 316 cm³/mol. The molecule has 0 aliphatic carbocycles. The fraction of sp³-hybridized carbons (Fsp3) is 0.836. The van der Waals surface area contributed by atoms with Crippen molar-refractivity contribution in [1.82, 2.24) is 0 Å². The molecule has 0 aromatic heterocycles. The van der Waals surface area contributed by atoms with Gasteiger partial charge < -0.3 is 14.2 Å². The van der Waals surface area contributed by atoms with Crippen LogP contribution in [0, 0.1) is 0 Å². The third-order valence-electron chi connectivity index (χ3n) is 14.3. The minimum atomic E-state index is -0.770. The van der Waals surface area contributed by atoms with E-state index in [1.165, 1.54) is 231 Å². The molecule has 0 aliphatic heterocycles. The number of allylic oxidation sites excluding steroid dienone is 8. The summed E-state index contributed by atoms with van der Waals surface area (Å²) in [6.45, 7) is 6.62. The minimum absolute atomic E-state index is 0.0711. The molecule has 73 heavy (non-hydrogen) atoms. The largest absolute Gasteiger partial charge is 0.462 e. The van der Waals surface area contributed by atoms with Gasteiger partial charge in [-0.3, -0.25) is 14.4 Å². The first-order valence-electron chi connectivity index (χ1n) is 32.1. The zero-order valence-corrected chi connectivity index (χ0v) is 48.9. The maximum absolute atomic E-state index is 12.8.